The van der Waals surface area contributed by atoms with Gasteiger partial charge in [-0.05, 0) is 49.9 Å². The van der Waals surface area contributed by atoms with Gasteiger partial charge in [0.1, 0.15) is 5.75 Å². The summed E-state index contributed by atoms with van der Waals surface area (Å²) in [6.07, 6.45) is 5.16. The van der Waals surface area contributed by atoms with Crippen LogP contribution in [0.4, 0.5) is 5.69 Å². The SMILES string of the molecule is O=C(COc1ccc(N2CCCC2=O)cc1)OCCCOC1CCCCO1. The number of ether oxygens (including phenoxy) is 4. The number of amides is 1. The van der Waals surface area contributed by atoms with Gasteiger partial charge in [0.05, 0.1) is 13.2 Å². The lowest BCUT2D eigenvalue weighted by molar-refractivity contribution is -0.165. The van der Waals surface area contributed by atoms with E-state index in [1.165, 1.54) is 0 Å². The lowest BCUT2D eigenvalue weighted by Crippen LogP contribution is -2.23. The molecule has 2 aliphatic rings. The Morgan fingerprint density at radius 1 is 1.15 bits per heavy atom. The summed E-state index contributed by atoms with van der Waals surface area (Å²) < 4.78 is 21.6. The number of esters is 1. The van der Waals surface area contributed by atoms with E-state index in [4.69, 9.17) is 18.9 Å². The van der Waals surface area contributed by atoms with Crippen LogP contribution in [0.1, 0.15) is 38.5 Å². The Kier molecular flexibility index (Phi) is 7.47. The number of anilines is 1. The first-order valence-corrected chi connectivity index (χ1v) is 9.64. The molecule has 2 fully saturated rings. The molecule has 1 unspecified atom stereocenters. The molecule has 7 nitrogen and oxygen atoms in total. The molecule has 1 atom stereocenters. The minimum absolute atomic E-state index is 0.114. The van der Waals surface area contributed by atoms with E-state index >= 15 is 0 Å². The van der Waals surface area contributed by atoms with Crippen molar-refractivity contribution in [2.75, 3.05) is 37.9 Å². The highest BCUT2D eigenvalue weighted by atomic mass is 16.7. The summed E-state index contributed by atoms with van der Waals surface area (Å²) >= 11 is 0. The summed E-state index contributed by atoms with van der Waals surface area (Å²) in [6.45, 7) is 2.17. The topological polar surface area (TPSA) is 74.3 Å². The Hall–Kier alpha value is -2.12. The molecule has 148 valence electrons. The molecular weight excluding hydrogens is 350 g/mol. The monoisotopic (exact) mass is 377 g/mol. The van der Waals surface area contributed by atoms with Crippen LogP contribution in [0.5, 0.6) is 5.75 Å². The fraction of sp³-hybridized carbons (Fsp3) is 0.600. The molecule has 27 heavy (non-hydrogen) atoms. The standard InChI is InChI=1S/C20H27NO6/c22-18-5-3-11-21(18)16-7-9-17(10-8-16)27-15-19(23)24-13-4-14-26-20-6-1-2-12-25-20/h7-10,20H,1-6,11-15H2. The Morgan fingerprint density at radius 2 is 2.00 bits per heavy atom. The van der Waals surface area contributed by atoms with Crippen LogP contribution in [-0.2, 0) is 23.8 Å². The zero-order valence-electron chi connectivity index (χ0n) is 15.6. The van der Waals surface area contributed by atoms with Crippen LogP contribution in [0.15, 0.2) is 24.3 Å². The second kappa shape index (κ2) is 10.3. The van der Waals surface area contributed by atoms with E-state index in [1.807, 2.05) is 12.1 Å². The number of carbonyl (C=O) groups is 2. The van der Waals surface area contributed by atoms with E-state index in [-0.39, 0.29) is 18.8 Å². The fourth-order valence-corrected chi connectivity index (χ4v) is 3.13. The summed E-state index contributed by atoms with van der Waals surface area (Å²) in [6, 6.07) is 7.17. The molecule has 0 bridgehead atoms. The van der Waals surface area contributed by atoms with Gasteiger partial charge < -0.3 is 23.8 Å². The van der Waals surface area contributed by atoms with Gasteiger partial charge in [-0.2, -0.15) is 0 Å². The average molecular weight is 377 g/mol. The van der Waals surface area contributed by atoms with Crippen molar-refractivity contribution in [1.29, 1.82) is 0 Å². The Morgan fingerprint density at radius 3 is 2.70 bits per heavy atom. The number of carbonyl (C=O) groups excluding carboxylic acids is 2. The molecule has 2 aliphatic heterocycles. The molecular formula is C20H27NO6. The number of hydrogen-bond donors (Lipinski definition) is 0. The number of nitrogens with zero attached hydrogens (tertiary/aromatic N) is 1. The van der Waals surface area contributed by atoms with Crippen molar-refractivity contribution in [2.24, 2.45) is 0 Å². The predicted octanol–water partition coefficient (Wildman–Crippen LogP) is 2.67. The molecule has 0 radical (unpaired) electrons. The fourth-order valence-electron chi connectivity index (χ4n) is 3.13. The summed E-state index contributed by atoms with van der Waals surface area (Å²) in [7, 11) is 0. The lowest BCUT2D eigenvalue weighted by Gasteiger charge is -2.22. The molecule has 0 aromatic heterocycles. The van der Waals surface area contributed by atoms with Crippen molar-refractivity contribution in [3.63, 3.8) is 0 Å². The van der Waals surface area contributed by atoms with E-state index in [1.54, 1.807) is 17.0 Å². The second-order valence-electron chi connectivity index (χ2n) is 6.67. The smallest absolute Gasteiger partial charge is 0.344 e. The van der Waals surface area contributed by atoms with Crippen LogP contribution >= 0.6 is 0 Å². The molecule has 7 heteroatoms. The highest BCUT2D eigenvalue weighted by Crippen LogP contribution is 2.23. The number of hydrogen-bond acceptors (Lipinski definition) is 6. The van der Waals surface area contributed by atoms with Gasteiger partial charge in [-0.3, -0.25) is 4.79 Å². The normalized spacial score (nSPS) is 19.9. The quantitative estimate of drug-likeness (QED) is 0.487. The van der Waals surface area contributed by atoms with Crippen LogP contribution in [0.2, 0.25) is 0 Å². The van der Waals surface area contributed by atoms with Crippen molar-refractivity contribution in [3.8, 4) is 5.75 Å². The predicted molar refractivity (Wildman–Crippen MR) is 98.6 cm³/mol. The van der Waals surface area contributed by atoms with Gasteiger partial charge in [-0.1, -0.05) is 0 Å². The van der Waals surface area contributed by atoms with E-state index in [0.717, 1.165) is 44.5 Å². The summed E-state index contributed by atoms with van der Waals surface area (Å²) in [4.78, 5) is 25.2. The lowest BCUT2D eigenvalue weighted by atomic mass is 10.2. The maximum Gasteiger partial charge on any atom is 0.344 e. The second-order valence-corrected chi connectivity index (χ2v) is 6.67. The van der Waals surface area contributed by atoms with Crippen molar-refractivity contribution in [1.82, 2.24) is 0 Å². The minimum Gasteiger partial charge on any atom is -0.482 e. The first kappa shape index (κ1) is 19.6. The zero-order chi connectivity index (χ0) is 18.9. The molecule has 2 heterocycles. The Labute approximate surface area is 159 Å². The Balaban J connectivity index is 1.28. The van der Waals surface area contributed by atoms with Crippen LogP contribution < -0.4 is 9.64 Å². The van der Waals surface area contributed by atoms with E-state index in [2.05, 4.69) is 0 Å². The highest BCUT2D eigenvalue weighted by molar-refractivity contribution is 5.95. The van der Waals surface area contributed by atoms with Crippen LogP contribution in [0, 0.1) is 0 Å². The van der Waals surface area contributed by atoms with E-state index in [0.29, 0.717) is 31.8 Å². The van der Waals surface area contributed by atoms with Crippen molar-refractivity contribution in [3.05, 3.63) is 24.3 Å². The van der Waals surface area contributed by atoms with Crippen LogP contribution in [0.25, 0.3) is 0 Å². The number of rotatable bonds is 9. The van der Waals surface area contributed by atoms with Gasteiger partial charge in [-0.25, -0.2) is 4.79 Å². The first-order valence-electron chi connectivity index (χ1n) is 9.64. The van der Waals surface area contributed by atoms with Crippen molar-refractivity contribution >= 4 is 17.6 Å². The van der Waals surface area contributed by atoms with Gasteiger partial charge in [-0.15, -0.1) is 0 Å². The Bertz CT molecular complexity index is 611. The highest BCUT2D eigenvalue weighted by Gasteiger charge is 2.21. The molecule has 0 aliphatic carbocycles. The third kappa shape index (κ3) is 6.22. The molecule has 1 amide bonds. The summed E-state index contributed by atoms with van der Waals surface area (Å²) in [5.74, 6) is 0.300. The first-order chi connectivity index (χ1) is 13.2. The molecule has 1 aromatic rings. The van der Waals surface area contributed by atoms with Gasteiger partial charge >= 0.3 is 5.97 Å². The van der Waals surface area contributed by atoms with E-state index in [9.17, 15) is 9.59 Å². The third-order valence-corrected chi connectivity index (χ3v) is 4.57. The minimum atomic E-state index is -0.414. The average Bonchev–Trinajstić information content (AvgIpc) is 3.13. The molecule has 2 saturated heterocycles. The van der Waals surface area contributed by atoms with E-state index < -0.39 is 5.97 Å². The van der Waals surface area contributed by atoms with Gasteiger partial charge in [0.15, 0.2) is 12.9 Å². The molecule has 0 spiro atoms. The molecule has 0 saturated carbocycles. The maximum atomic E-state index is 11.7. The molecule has 0 N–H and O–H groups in total. The molecule has 3 rings (SSSR count). The van der Waals surface area contributed by atoms with Crippen LogP contribution in [0.3, 0.4) is 0 Å². The summed E-state index contributed by atoms with van der Waals surface area (Å²) in [5, 5.41) is 0. The van der Waals surface area contributed by atoms with Crippen molar-refractivity contribution < 1.29 is 28.5 Å². The van der Waals surface area contributed by atoms with Gasteiger partial charge in [0, 0.05) is 31.7 Å². The number of benzene rings is 1. The third-order valence-electron chi connectivity index (χ3n) is 4.57. The zero-order valence-corrected chi connectivity index (χ0v) is 15.6. The summed E-state index contributed by atoms with van der Waals surface area (Å²) in [5.41, 5.74) is 0.856. The largest absolute Gasteiger partial charge is 0.482 e. The molecule has 1 aromatic carbocycles. The van der Waals surface area contributed by atoms with Crippen molar-refractivity contribution in [2.45, 2.75) is 44.8 Å². The van der Waals surface area contributed by atoms with Gasteiger partial charge in [0.2, 0.25) is 5.91 Å². The maximum absolute atomic E-state index is 11.7. The van der Waals surface area contributed by atoms with Gasteiger partial charge in [0.25, 0.3) is 0 Å². The van der Waals surface area contributed by atoms with Crippen LogP contribution in [-0.4, -0.2) is 51.1 Å².